The number of thiophene rings is 1. The Morgan fingerprint density at radius 3 is 2.06 bits per heavy atom. The van der Waals surface area contributed by atoms with Crippen molar-refractivity contribution < 1.29 is 31.1 Å². The molecule has 1 aromatic heterocycles. The number of ether oxygens (including phenoxy) is 1. The molecule has 0 N–H and O–H groups in total. The van der Waals surface area contributed by atoms with Crippen molar-refractivity contribution in [1.82, 2.24) is 0 Å². The van der Waals surface area contributed by atoms with E-state index in [1.54, 1.807) is 49.6 Å². The van der Waals surface area contributed by atoms with Gasteiger partial charge in [-0.1, -0.05) is 30.4 Å². The smallest absolute Gasteiger partial charge is 0.380 e. The summed E-state index contributed by atoms with van der Waals surface area (Å²) in [5, 5.41) is 0.235. The lowest BCUT2D eigenvalue weighted by Crippen LogP contribution is -2.48. The fourth-order valence-electron chi connectivity index (χ4n) is 3.55. The number of allylic oxidation sites excluding steroid dienone is 2. The minimum atomic E-state index is -5.48. The van der Waals surface area contributed by atoms with E-state index in [0.717, 1.165) is 16.9 Å². The van der Waals surface area contributed by atoms with Crippen LogP contribution in [0.5, 0.6) is 5.75 Å². The van der Waals surface area contributed by atoms with Crippen molar-refractivity contribution in [3.8, 4) is 5.75 Å². The van der Waals surface area contributed by atoms with Gasteiger partial charge in [0.15, 0.2) is 0 Å². The zero-order chi connectivity index (χ0) is 22.6. The molecule has 0 fully saturated rings. The molecule has 0 unspecified atom stereocenters. The molecule has 0 amide bonds. The average molecular weight is 454 g/mol. The quantitative estimate of drug-likeness (QED) is 0.290. The molecule has 0 atom stereocenters. The van der Waals surface area contributed by atoms with E-state index in [9.17, 15) is 26.3 Å². The monoisotopic (exact) mass is 454 g/mol. The van der Waals surface area contributed by atoms with Crippen LogP contribution in [0.2, 0.25) is 0 Å². The van der Waals surface area contributed by atoms with E-state index in [0.29, 0.717) is 16.0 Å². The third-order valence-corrected chi connectivity index (χ3v) is 6.30. The number of halogens is 6. The van der Waals surface area contributed by atoms with Crippen LogP contribution >= 0.6 is 11.3 Å². The Hall–Kier alpha value is -2.74. The van der Waals surface area contributed by atoms with Crippen molar-refractivity contribution in [2.24, 2.45) is 0 Å². The van der Waals surface area contributed by atoms with Gasteiger partial charge in [-0.2, -0.15) is 26.3 Å². The van der Waals surface area contributed by atoms with Crippen LogP contribution in [-0.2, 0) is 0 Å². The summed E-state index contributed by atoms with van der Waals surface area (Å²) in [5.74, 6) is -14.7. The Morgan fingerprint density at radius 1 is 0.871 bits per heavy atom. The molecule has 0 radical (unpaired) electrons. The zero-order valence-corrected chi connectivity index (χ0v) is 17.2. The first kappa shape index (κ1) is 21.5. The van der Waals surface area contributed by atoms with Crippen LogP contribution in [0.1, 0.15) is 21.6 Å². The highest BCUT2D eigenvalue weighted by Gasteiger charge is 2.77. The highest BCUT2D eigenvalue weighted by atomic mass is 32.1. The number of rotatable bonds is 4. The Balaban J connectivity index is 1.78. The Labute approximate surface area is 178 Å². The van der Waals surface area contributed by atoms with Crippen molar-refractivity contribution >= 4 is 39.1 Å². The van der Waals surface area contributed by atoms with Gasteiger partial charge in [-0.25, -0.2) is 0 Å². The van der Waals surface area contributed by atoms with Gasteiger partial charge in [0.1, 0.15) is 5.75 Å². The van der Waals surface area contributed by atoms with Gasteiger partial charge in [-0.3, -0.25) is 0 Å². The number of fused-ring (bicyclic) bond motifs is 1. The average Bonchev–Trinajstić information content (AvgIpc) is 3.10. The van der Waals surface area contributed by atoms with Crippen molar-refractivity contribution in [2.45, 2.75) is 24.7 Å². The van der Waals surface area contributed by atoms with Gasteiger partial charge in [-0.05, 0) is 42.3 Å². The van der Waals surface area contributed by atoms with E-state index in [2.05, 4.69) is 0 Å². The standard InChI is InChI=1S/C23H16F6OS/c1-13-20(18-12-21(24,25)23(28,29)22(18,26)27)17-11-15(7-10-19(17)31-13)4-3-14-5-8-16(30-2)9-6-14/h3-12H,1-2H3. The molecule has 8 heteroatoms. The van der Waals surface area contributed by atoms with Crippen LogP contribution in [-0.4, -0.2) is 24.9 Å². The number of benzene rings is 2. The van der Waals surface area contributed by atoms with Gasteiger partial charge >= 0.3 is 17.8 Å². The van der Waals surface area contributed by atoms with Crippen LogP contribution in [0, 0.1) is 6.92 Å². The number of methoxy groups -OCH3 is 1. The van der Waals surface area contributed by atoms with Crippen molar-refractivity contribution in [2.75, 3.05) is 7.11 Å². The molecule has 1 aliphatic rings. The van der Waals surface area contributed by atoms with Gasteiger partial charge in [0.05, 0.1) is 7.11 Å². The Bertz CT molecular complexity index is 1200. The van der Waals surface area contributed by atoms with E-state index in [1.807, 2.05) is 12.1 Å². The molecule has 1 heterocycles. The van der Waals surface area contributed by atoms with Crippen LogP contribution in [0.3, 0.4) is 0 Å². The van der Waals surface area contributed by atoms with Gasteiger partial charge in [0.2, 0.25) is 0 Å². The molecule has 3 aromatic rings. The molecular weight excluding hydrogens is 438 g/mol. The van der Waals surface area contributed by atoms with Crippen LogP contribution in [0.25, 0.3) is 27.8 Å². The van der Waals surface area contributed by atoms with Gasteiger partial charge in [0.25, 0.3) is 0 Å². The maximum atomic E-state index is 14.4. The SMILES string of the molecule is COc1ccc(C=Cc2ccc3sc(C)c(C4=CC(F)(F)C(F)(F)C4(F)F)c3c2)cc1. The minimum Gasteiger partial charge on any atom is -0.497 e. The number of aryl methyl sites for hydroxylation is 1. The normalized spacial score (nSPS) is 19.2. The van der Waals surface area contributed by atoms with Crippen LogP contribution in [0.15, 0.2) is 48.5 Å². The molecule has 0 saturated carbocycles. The molecule has 0 aliphatic heterocycles. The summed E-state index contributed by atoms with van der Waals surface area (Å²) in [6.07, 6.45) is 3.22. The second-order valence-electron chi connectivity index (χ2n) is 7.23. The molecular formula is C23H16F6OS. The highest BCUT2D eigenvalue weighted by Crippen LogP contribution is 2.60. The van der Waals surface area contributed by atoms with Crippen molar-refractivity contribution in [1.29, 1.82) is 0 Å². The van der Waals surface area contributed by atoms with E-state index in [1.165, 1.54) is 6.92 Å². The van der Waals surface area contributed by atoms with Gasteiger partial charge < -0.3 is 4.74 Å². The second-order valence-corrected chi connectivity index (χ2v) is 8.48. The van der Waals surface area contributed by atoms with E-state index in [-0.39, 0.29) is 21.9 Å². The van der Waals surface area contributed by atoms with Crippen molar-refractivity contribution in [3.63, 3.8) is 0 Å². The first-order valence-electron chi connectivity index (χ1n) is 9.20. The Morgan fingerprint density at radius 2 is 1.48 bits per heavy atom. The lowest BCUT2D eigenvalue weighted by molar-refractivity contribution is -0.257. The van der Waals surface area contributed by atoms with E-state index < -0.39 is 23.3 Å². The first-order valence-corrected chi connectivity index (χ1v) is 10.0. The lowest BCUT2D eigenvalue weighted by Gasteiger charge is -2.25. The van der Waals surface area contributed by atoms with E-state index in [4.69, 9.17) is 4.74 Å². The number of hydrogen-bond acceptors (Lipinski definition) is 2. The summed E-state index contributed by atoms with van der Waals surface area (Å²) in [6, 6.07) is 12.1. The third kappa shape index (κ3) is 3.33. The maximum Gasteiger partial charge on any atom is 0.380 e. The van der Waals surface area contributed by atoms with Gasteiger partial charge in [-0.15, -0.1) is 11.3 Å². The predicted molar refractivity (Wildman–Crippen MR) is 111 cm³/mol. The summed E-state index contributed by atoms with van der Waals surface area (Å²) in [6.45, 7) is 1.46. The molecule has 0 bridgehead atoms. The number of hydrogen-bond donors (Lipinski definition) is 0. The lowest BCUT2D eigenvalue weighted by atomic mass is 9.97. The van der Waals surface area contributed by atoms with Crippen LogP contribution < -0.4 is 4.74 Å². The fourth-order valence-corrected chi connectivity index (χ4v) is 4.61. The summed E-state index contributed by atoms with van der Waals surface area (Å²) in [7, 11) is 1.55. The highest BCUT2D eigenvalue weighted by molar-refractivity contribution is 7.19. The summed E-state index contributed by atoms with van der Waals surface area (Å²) < 4.78 is 89.3. The second kappa shape index (κ2) is 7.15. The molecule has 0 spiro atoms. The molecule has 162 valence electrons. The Kier molecular flexibility index (Phi) is 4.96. The third-order valence-electron chi connectivity index (χ3n) is 5.22. The first-order chi connectivity index (χ1) is 14.5. The minimum absolute atomic E-state index is 0.235. The molecule has 0 saturated heterocycles. The van der Waals surface area contributed by atoms with Crippen molar-refractivity contribution in [3.05, 3.63) is 70.1 Å². The maximum absolute atomic E-state index is 14.4. The largest absolute Gasteiger partial charge is 0.497 e. The molecule has 4 rings (SSSR count). The molecule has 1 aliphatic carbocycles. The molecule has 1 nitrogen and oxygen atoms in total. The topological polar surface area (TPSA) is 9.23 Å². The van der Waals surface area contributed by atoms with E-state index >= 15 is 0 Å². The van der Waals surface area contributed by atoms with Crippen LogP contribution in [0.4, 0.5) is 26.3 Å². The summed E-state index contributed by atoms with van der Waals surface area (Å²) >= 11 is 1.09. The fraction of sp³-hybridized carbons (Fsp3) is 0.217. The molecule has 2 aromatic carbocycles. The number of alkyl halides is 6. The predicted octanol–water partition coefficient (Wildman–Crippen LogP) is 7.69. The summed E-state index contributed by atoms with van der Waals surface area (Å²) in [5.41, 5.74) is -0.126. The zero-order valence-electron chi connectivity index (χ0n) is 16.4. The summed E-state index contributed by atoms with van der Waals surface area (Å²) in [4.78, 5) is 0.269. The molecule has 31 heavy (non-hydrogen) atoms. The van der Waals surface area contributed by atoms with Gasteiger partial charge in [0, 0.05) is 32.2 Å².